The van der Waals surface area contributed by atoms with E-state index in [1.54, 1.807) is 0 Å². The van der Waals surface area contributed by atoms with E-state index >= 15 is 0 Å². The summed E-state index contributed by atoms with van der Waals surface area (Å²) in [6.45, 7) is 3.13. The Balaban J connectivity index is 1.67. The van der Waals surface area contributed by atoms with Gasteiger partial charge in [-0.15, -0.1) is 0 Å². The Morgan fingerprint density at radius 1 is 1.04 bits per heavy atom. The minimum atomic E-state index is -3.73. The summed E-state index contributed by atoms with van der Waals surface area (Å²) >= 11 is 0. The summed E-state index contributed by atoms with van der Waals surface area (Å²) < 4.78 is 37.6. The molecule has 0 aliphatic carbocycles. The molecule has 0 bridgehead atoms. The first kappa shape index (κ1) is 20.1. The molecule has 1 aliphatic rings. The highest BCUT2D eigenvalue weighted by Crippen LogP contribution is 2.31. The van der Waals surface area contributed by atoms with E-state index in [2.05, 4.69) is 0 Å². The van der Waals surface area contributed by atoms with Gasteiger partial charge in [0.25, 0.3) is 0 Å². The maximum atomic E-state index is 12.6. The number of nitro benzene ring substituents is 1. The molecule has 3 rings (SSSR count). The second-order valence-electron chi connectivity index (χ2n) is 6.51. The van der Waals surface area contributed by atoms with E-state index in [4.69, 9.17) is 9.47 Å². The second-order valence-corrected chi connectivity index (χ2v) is 8.45. The van der Waals surface area contributed by atoms with Crippen molar-refractivity contribution in [1.82, 2.24) is 4.31 Å². The molecule has 0 radical (unpaired) electrons. The van der Waals surface area contributed by atoms with Crippen LogP contribution >= 0.6 is 0 Å². The second kappa shape index (κ2) is 8.57. The zero-order valence-corrected chi connectivity index (χ0v) is 16.4. The van der Waals surface area contributed by atoms with Crippen LogP contribution < -0.4 is 9.47 Å². The van der Waals surface area contributed by atoms with Crippen molar-refractivity contribution < 1.29 is 22.8 Å². The monoisotopic (exact) mass is 406 g/mol. The van der Waals surface area contributed by atoms with Crippen LogP contribution in [0.4, 0.5) is 5.69 Å². The predicted octanol–water partition coefficient (Wildman–Crippen LogP) is 3.15. The lowest BCUT2D eigenvalue weighted by atomic mass is 10.2. The van der Waals surface area contributed by atoms with E-state index in [9.17, 15) is 18.5 Å². The fourth-order valence-electron chi connectivity index (χ4n) is 2.95. The smallest absolute Gasteiger partial charge is 0.312 e. The van der Waals surface area contributed by atoms with Crippen LogP contribution in [0, 0.1) is 17.0 Å². The van der Waals surface area contributed by atoms with Gasteiger partial charge >= 0.3 is 5.69 Å². The van der Waals surface area contributed by atoms with Gasteiger partial charge in [-0.3, -0.25) is 10.1 Å². The molecule has 28 heavy (non-hydrogen) atoms. The molecule has 0 spiro atoms. The Labute approximate surface area is 163 Å². The van der Waals surface area contributed by atoms with Crippen molar-refractivity contribution >= 4 is 15.7 Å². The highest BCUT2D eigenvalue weighted by Gasteiger charge is 2.29. The molecule has 8 nitrogen and oxygen atoms in total. The molecule has 1 heterocycles. The van der Waals surface area contributed by atoms with Crippen molar-refractivity contribution in [3.05, 3.63) is 58.1 Å². The SMILES string of the molecule is Cc1ccc(OCCOc2ccc(S(=O)(=O)N3CCCC3)cc2[N+](=O)[O-])cc1. The molecular formula is C19H22N2O6S. The molecule has 0 N–H and O–H groups in total. The van der Waals surface area contributed by atoms with E-state index in [0.717, 1.165) is 24.5 Å². The summed E-state index contributed by atoms with van der Waals surface area (Å²) in [4.78, 5) is 10.7. The predicted molar refractivity (Wildman–Crippen MR) is 103 cm³/mol. The van der Waals surface area contributed by atoms with Gasteiger partial charge in [-0.25, -0.2) is 8.42 Å². The fraction of sp³-hybridized carbons (Fsp3) is 0.368. The topological polar surface area (TPSA) is 99.0 Å². The minimum Gasteiger partial charge on any atom is -0.490 e. The van der Waals surface area contributed by atoms with Gasteiger partial charge in [-0.05, 0) is 44.0 Å². The number of ether oxygens (including phenoxy) is 2. The Morgan fingerprint density at radius 3 is 2.32 bits per heavy atom. The Hall–Kier alpha value is -2.65. The van der Waals surface area contributed by atoms with Crippen LogP contribution in [0.3, 0.4) is 0 Å². The summed E-state index contributed by atoms with van der Waals surface area (Å²) in [5.74, 6) is 0.689. The summed E-state index contributed by atoms with van der Waals surface area (Å²) in [5, 5.41) is 11.4. The van der Waals surface area contributed by atoms with Crippen molar-refractivity contribution in [2.45, 2.75) is 24.7 Å². The first-order valence-corrected chi connectivity index (χ1v) is 10.4. The number of benzene rings is 2. The first-order valence-electron chi connectivity index (χ1n) is 8.99. The molecule has 1 fully saturated rings. The van der Waals surface area contributed by atoms with Crippen LogP contribution in [-0.2, 0) is 10.0 Å². The molecule has 9 heteroatoms. The van der Waals surface area contributed by atoms with Gasteiger partial charge in [-0.2, -0.15) is 4.31 Å². The van der Waals surface area contributed by atoms with E-state index in [1.165, 1.54) is 16.4 Å². The highest BCUT2D eigenvalue weighted by atomic mass is 32.2. The Kier molecular flexibility index (Phi) is 6.15. The van der Waals surface area contributed by atoms with Crippen LogP contribution in [0.5, 0.6) is 11.5 Å². The summed E-state index contributed by atoms with van der Waals surface area (Å²) in [7, 11) is -3.73. The quantitative estimate of drug-likeness (QED) is 0.379. The molecule has 2 aromatic rings. The van der Waals surface area contributed by atoms with Gasteiger partial charge in [0, 0.05) is 19.2 Å². The number of aryl methyl sites for hydroxylation is 1. The third kappa shape index (κ3) is 4.60. The molecule has 1 aliphatic heterocycles. The van der Waals surface area contributed by atoms with Gasteiger partial charge in [0.15, 0.2) is 5.75 Å². The largest absolute Gasteiger partial charge is 0.490 e. The number of nitrogens with zero attached hydrogens (tertiary/aromatic N) is 2. The summed E-state index contributed by atoms with van der Waals surface area (Å²) in [5.41, 5.74) is 0.735. The van der Waals surface area contributed by atoms with Crippen LogP contribution in [0.2, 0.25) is 0 Å². The Morgan fingerprint density at radius 2 is 1.68 bits per heavy atom. The molecule has 150 valence electrons. The van der Waals surface area contributed by atoms with Crippen molar-refractivity contribution in [2.75, 3.05) is 26.3 Å². The lowest BCUT2D eigenvalue weighted by Crippen LogP contribution is -2.27. The molecule has 1 saturated heterocycles. The van der Waals surface area contributed by atoms with Gasteiger partial charge < -0.3 is 9.47 Å². The molecule has 0 atom stereocenters. The van der Waals surface area contributed by atoms with Crippen LogP contribution in [-0.4, -0.2) is 43.9 Å². The van der Waals surface area contributed by atoms with Crippen molar-refractivity contribution in [3.8, 4) is 11.5 Å². The maximum Gasteiger partial charge on any atom is 0.312 e. The van der Waals surface area contributed by atoms with Gasteiger partial charge in [0.1, 0.15) is 19.0 Å². The number of rotatable bonds is 8. The van der Waals surface area contributed by atoms with Crippen LogP contribution in [0.25, 0.3) is 0 Å². The van der Waals surface area contributed by atoms with E-state index in [1.807, 2.05) is 31.2 Å². The number of sulfonamides is 1. The molecule has 0 amide bonds. The van der Waals surface area contributed by atoms with E-state index in [-0.39, 0.29) is 29.5 Å². The number of hydrogen-bond acceptors (Lipinski definition) is 6. The van der Waals surface area contributed by atoms with Gasteiger partial charge in [0.05, 0.1) is 9.82 Å². The summed E-state index contributed by atoms with van der Waals surface area (Å²) in [6.07, 6.45) is 1.59. The van der Waals surface area contributed by atoms with E-state index in [0.29, 0.717) is 18.8 Å². The average Bonchev–Trinajstić information content (AvgIpc) is 3.22. The first-order chi connectivity index (χ1) is 13.4. The third-order valence-corrected chi connectivity index (χ3v) is 6.36. The fourth-order valence-corrected chi connectivity index (χ4v) is 4.48. The normalized spacial score (nSPS) is 14.8. The van der Waals surface area contributed by atoms with Crippen molar-refractivity contribution in [1.29, 1.82) is 0 Å². The molecule has 0 aromatic heterocycles. The van der Waals surface area contributed by atoms with Crippen molar-refractivity contribution in [2.24, 2.45) is 0 Å². The zero-order chi connectivity index (χ0) is 20.1. The number of hydrogen-bond donors (Lipinski definition) is 0. The lowest BCUT2D eigenvalue weighted by Gasteiger charge is -2.16. The molecule has 0 saturated carbocycles. The van der Waals surface area contributed by atoms with Gasteiger partial charge in [-0.1, -0.05) is 17.7 Å². The maximum absolute atomic E-state index is 12.6. The minimum absolute atomic E-state index is 0.0119. The van der Waals surface area contributed by atoms with Crippen LogP contribution in [0.1, 0.15) is 18.4 Å². The highest BCUT2D eigenvalue weighted by molar-refractivity contribution is 7.89. The lowest BCUT2D eigenvalue weighted by molar-refractivity contribution is -0.386. The molecule has 0 unspecified atom stereocenters. The van der Waals surface area contributed by atoms with E-state index < -0.39 is 14.9 Å². The number of nitro groups is 1. The van der Waals surface area contributed by atoms with Crippen molar-refractivity contribution in [3.63, 3.8) is 0 Å². The van der Waals surface area contributed by atoms with Crippen LogP contribution in [0.15, 0.2) is 47.4 Å². The standard InChI is InChI=1S/C19H22N2O6S/c1-15-4-6-16(7-5-15)26-12-13-27-19-9-8-17(14-18(19)21(22)23)28(24,25)20-10-2-3-11-20/h4-9,14H,2-3,10-13H2,1H3. The van der Waals surface area contributed by atoms with Gasteiger partial charge in [0.2, 0.25) is 10.0 Å². The molecular weight excluding hydrogens is 384 g/mol. The Bertz CT molecular complexity index is 937. The summed E-state index contributed by atoms with van der Waals surface area (Å²) in [6, 6.07) is 11.2. The molecule has 2 aromatic carbocycles. The zero-order valence-electron chi connectivity index (χ0n) is 15.5. The third-order valence-electron chi connectivity index (χ3n) is 4.46. The average molecular weight is 406 g/mol.